The van der Waals surface area contributed by atoms with Crippen LogP contribution in [0.4, 0.5) is 10.1 Å². The van der Waals surface area contributed by atoms with Crippen LogP contribution >= 0.6 is 24.0 Å². The molecule has 0 aromatic heterocycles. The minimum absolute atomic E-state index is 0. The second kappa shape index (κ2) is 5.04. The number of amides is 1. The van der Waals surface area contributed by atoms with Gasteiger partial charge in [0.2, 0.25) is 5.91 Å². The Hall–Kier alpha value is -0.800. The summed E-state index contributed by atoms with van der Waals surface area (Å²) in [5.74, 6) is -0.839. The van der Waals surface area contributed by atoms with Crippen LogP contribution in [-0.2, 0) is 4.79 Å². The van der Waals surface area contributed by atoms with E-state index in [1.807, 2.05) is 0 Å². The molecular weight excluding hydrogens is 216 g/mol. The normalized spacial score (nSPS) is 8.85. The van der Waals surface area contributed by atoms with Gasteiger partial charge in [-0.15, -0.1) is 12.4 Å². The summed E-state index contributed by atoms with van der Waals surface area (Å²) in [5, 5.41) is 2.63. The van der Waals surface area contributed by atoms with E-state index < -0.39 is 5.82 Å². The molecule has 5 heteroatoms. The molecule has 0 atom stereocenters. The lowest BCUT2D eigenvalue weighted by atomic mass is 10.3. The van der Waals surface area contributed by atoms with Gasteiger partial charge in [0.1, 0.15) is 5.82 Å². The van der Waals surface area contributed by atoms with Crippen molar-refractivity contribution in [2.75, 3.05) is 5.32 Å². The highest BCUT2D eigenvalue weighted by Gasteiger charge is 2.02. The van der Waals surface area contributed by atoms with E-state index in [1.54, 1.807) is 0 Å². The van der Waals surface area contributed by atoms with Crippen LogP contribution in [-0.4, -0.2) is 5.91 Å². The Morgan fingerprint density at radius 3 is 2.62 bits per heavy atom. The summed E-state index contributed by atoms with van der Waals surface area (Å²) in [6.07, 6.45) is 0. The van der Waals surface area contributed by atoms with Gasteiger partial charge in [-0.25, -0.2) is 4.39 Å². The molecule has 0 saturated carbocycles. The Balaban J connectivity index is 0.00000144. The first-order valence-corrected chi connectivity index (χ1v) is 3.70. The number of carbonyl (C=O) groups excluding carboxylic acids is 1. The highest BCUT2D eigenvalue weighted by molar-refractivity contribution is 6.30. The van der Waals surface area contributed by atoms with E-state index >= 15 is 0 Å². The van der Waals surface area contributed by atoms with Gasteiger partial charge in [0, 0.05) is 11.9 Å². The van der Waals surface area contributed by atoms with E-state index in [4.69, 9.17) is 11.6 Å². The second-order valence-electron chi connectivity index (χ2n) is 2.31. The summed E-state index contributed by atoms with van der Waals surface area (Å²) in [7, 11) is 0. The van der Waals surface area contributed by atoms with Crippen molar-refractivity contribution in [1.82, 2.24) is 0 Å². The number of carbonyl (C=O) groups is 1. The Morgan fingerprint density at radius 1 is 1.54 bits per heavy atom. The predicted molar refractivity (Wildman–Crippen MR) is 53.0 cm³/mol. The average Bonchev–Trinajstić information content (AvgIpc) is 1.94. The van der Waals surface area contributed by atoms with Crippen molar-refractivity contribution >= 4 is 35.6 Å². The molecule has 1 aromatic carbocycles. The van der Waals surface area contributed by atoms with Crippen molar-refractivity contribution in [3.05, 3.63) is 29.0 Å². The van der Waals surface area contributed by atoms with Crippen LogP contribution in [0.5, 0.6) is 0 Å². The minimum Gasteiger partial charge on any atom is -0.324 e. The van der Waals surface area contributed by atoms with Gasteiger partial charge >= 0.3 is 0 Å². The summed E-state index contributed by atoms with van der Waals surface area (Å²) >= 11 is 5.50. The molecule has 13 heavy (non-hydrogen) atoms. The molecule has 0 aliphatic carbocycles. The number of rotatable bonds is 1. The lowest BCUT2D eigenvalue weighted by Crippen LogP contribution is -2.07. The van der Waals surface area contributed by atoms with Crippen molar-refractivity contribution in [3.63, 3.8) is 0 Å². The number of halogens is 3. The van der Waals surface area contributed by atoms with Gasteiger partial charge in [0.05, 0.1) is 5.69 Å². The maximum absolute atomic E-state index is 12.9. The zero-order valence-corrected chi connectivity index (χ0v) is 8.38. The molecule has 0 aliphatic heterocycles. The monoisotopic (exact) mass is 223 g/mol. The van der Waals surface area contributed by atoms with Crippen molar-refractivity contribution in [2.45, 2.75) is 6.92 Å². The molecule has 1 aromatic rings. The third kappa shape index (κ3) is 3.61. The molecule has 0 aliphatic rings. The van der Waals surface area contributed by atoms with Crippen molar-refractivity contribution in [2.24, 2.45) is 0 Å². The van der Waals surface area contributed by atoms with Crippen LogP contribution in [0.25, 0.3) is 0 Å². The van der Waals surface area contributed by atoms with E-state index in [2.05, 4.69) is 5.32 Å². The molecule has 1 rings (SSSR count). The van der Waals surface area contributed by atoms with E-state index in [-0.39, 0.29) is 24.0 Å². The van der Waals surface area contributed by atoms with Gasteiger partial charge in [-0.2, -0.15) is 0 Å². The zero-order valence-electron chi connectivity index (χ0n) is 6.80. The molecule has 0 radical (unpaired) electrons. The fraction of sp³-hybridized carbons (Fsp3) is 0.125. The van der Waals surface area contributed by atoms with Gasteiger partial charge in [-0.3, -0.25) is 4.79 Å². The number of hydrogen-bond donors (Lipinski definition) is 1. The fourth-order valence-corrected chi connectivity index (χ4v) is 0.939. The van der Waals surface area contributed by atoms with Crippen LogP contribution in [0.1, 0.15) is 6.92 Å². The van der Waals surface area contributed by atoms with Crippen molar-refractivity contribution in [1.29, 1.82) is 0 Å². The molecule has 0 unspecified atom stereocenters. The van der Waals surface area contributed by atoms with E-state index in [9.17, 15) is 9.18 Å². The highest BCUT2D eigenvalue weighted by atomic mass is 35.5. The second-order valence-corrected chi connectivity index (χ2v) is 2.74. The summed E-state index contributed by atoms with van der Waals surface area (Å²) < 4.78 is 12.9. The summed E-state index contributed by atoms with van der Waals surface area (Å²) in [6, 6.07) is 4.07. The van der Waals surface area contributed by atoms with E-state index in [0.29, 0.717) is 5.02 Å². The summed E-state index contributed by atoms with van der Waals surface area (Å²) in [4.78, 5) is 10.5. The third-order valence-electron chi connectivity index (χ3n) is 1.24. The molecule has 0 heterocycles. The number of anilines is 1. The highest BCUT2D eigenvalue weighted by Crippen LogP contribution is 2.18. The first-order chi connectivity index (χ1) is 5.59. The SMILES string of the molecule is CC(=O)Nc1ccc(Cl)cc1F.Cl. The van der Waals surface area contributed by atoms with Crippen LogP contribution in [0.15, 0.2) is 18.2 Å². The molecule has 0 bridgehead atoms. The Bertz CT molecular complexity index is 317. The van der Waals surface area contributed by atoms with E-state index in [0.717, 1.165) is 6.07 Å². The van der Waals surface area contributed by atoms with Gasteiger partial charge in [-0.05, 0) is 18.2 Å². The lowest BCUT2D eigenvalue weighted by molar-refractivity contribution is -0.114. The summed E-state index contributed by atoms with van der Waals surface area (Å²) in [6.45, 7) is 1.31. The Morgan fingerprint density at radius 2 is 2.15 bits per heavy atom. The molecular formula is C8H8Cl2FNO. The van der Waals surface area contributed by atoms with Gasteiger partial charge in [0.15, 0.2) is 0 Å². The fourth-order valence-electron chi connectivity index (χ4n) is 0.780. The van der Waals surface area contributed by atoms with Crippen LogP contribution in [0.3, 0.4) is 0 Å². The van der Waals surface area contributed by atoms with Crippen molar-refractivity contribution < 1.29 is 9.18 Å². The topological polar surface area (TPSA) is 29.1 Å². The van der Waals surface area contributed by atoms with Gasteiger partial charge in [-0.1, -0.05) is 11.6 Å². The third-order valence-corrected chi connectivity index (χ3v) is 1.48. The smallest absolute Gasteiger partial charge is 0.221 e. The van der Waals surface area contributed by atoms with Gasteiger partial charge < -0.3 is 5.32 Å². The number of benzene rings is 1. The predicted octanol–water partition coefficient (Wildman–Crippen LogP) is 2.86. The largest absolute Gasteiger partial charge is 0.324 e. The lowest BCUT2D eigenvalue weighted by Gasteiger charge is -2.02. The molecule has 1 N–H and O–H groups in total. The maximum atomic E-state index is 12.9. The molecule has 1 amide bonds. The Labute approximate surface area is 86.5 Å². The molecule has 72 valence electrons. The minimum atomic E-state index is -0.530. The van der Waals surface area contributed by atoms with Crippen molar-refractivity contribution in [3.8, 4) is 0 Å². The standard InChI is InChI=1S/C8H7ClFNO.ClH/c1-5(12)11-8-3-2-6(9)4-7(8)10;/h2-4H,1H3,(H,11,12);1H. The van der Waals surface area contributed by atoms with E-state index in [1.165, 1.54) is 19.1 Å². The van der Waals surface area contributed by atoms with Crippen LogP contribution in [0, 0.1) is 5.82 Å². The maximum Gasteiger partial charge on any atom is 0.221 e. The zero-order chi connectivity index (χ0) is 9.14. The molecule has 0 spiro atoms. The molecule has 0 saturated heterocycles. The van der Waals surface area contributed by atoms with Crippen LogP contribution in [0.2, 0.25) is 5.02 Å². The quantitative estimate of drug-likeness (QED) is 0.780. The molecule has 0 fully saturated rings. The number of nitrogens with one attached hydrogen (secondary N) is 1. The molecule has 2 nitrogen and oxygen atoms in total. The first kappa shape index (κ1) is 12.2. The van der Waals surface area contributed by atoms with Gasteiger partial charge in [0.25, 0.3) is 0 Å². The number of hydrogen-bond acceptors (Lipinski definition) is 1. The Kier molecular flexibility index (Phi) is 4.73. The average molecular weight is 224 g/mol. The first-order valence-electron chi connectivity index (χ1n) is 3.32. The van der Waals surface area contributed by atoms with Crippen LogP contribution < -0.4 is 5.32 Å². The summed E-state index contributed by atoms with van der Waals surface area (Å²) in [5.41, 5.74) is 0.145.